The summed E-state index contributed by atoms with van der Waals surface area (Å²) in [7, 11) is 0.845. The van der Waals surface area contributed by atoms with Gasteiger partial charge in [0.1, 0.15) is 10.7 Å². The van der Waals surface area contributed by atoms with Crippen LogP contribution in [0.15, 0.2) is 52.0 Å². The molecule has 1 aromatic heterocycles. The standard InChI is InChI=1S/C20H22BrN5O4S/c1-12-9-16(29-3)17(30-4)10-15(12)25-20-23-11-13(21)19(26-20)24-14-7-5-6-8-18(14)31(27,28)22-2/h5-11,22H,1-4H3,(H2,23,24,25,26). The maximum Gasteiger partial charge on any atom is 0.242 e. The van der Waals surface area contributed by atoms with Gasteiger partial charge in [0, 0.05) is 18.0 Å². The van der Waals surface area contributed by atoms with Gasteiger partial charge in [-0.2, -0.15) is 4.98 Å². The first-order valence-electron chi connectivity index (χ1n) is 9.11. The monoisotopic (exact) mass is 507 g/mol. The lowest BCUT2D eigenvalue weighted by molar-refractivity contribution is 0.355. The van der Waals surface area contributed by atoms with E-state index >= 15 is 0 Å². The zero-order valence-electron chi connectivity index (χ0n) is 17.4. The molecular formula is C20H22BrN5O4S. The maximum atomic E-state index is 12.3. The number of para-hydroxylation sites is 1. The van der Waals surface area contributed by atoms with Crippen molar-refractivity contribution in [2.24, 2.45) is 0 Å². The van der Waals surface area contributed by atoms with Crippen LogP contribution in [0, 0.1) is 6.92 Å². The van der Waals surface area contributed by atoms with E-state index < -0.39 is 10.0 Å². The number of nitrogens with one attached hydrogen (secondary N) is 3. The van der Waals surface area contributed by atoms with Gasteiger partial charge in [-0.15, -0.1) is 0 Å². The van der Waals surface area contributed by atoms with Crippen LogP contribution in [0.25, 0.3) is 0 Å². The largest absolute Gasteiger partial charge is 0.493 e. The maximum absolute atomic E-state index is 12.3. The van der Waals surface area contributed by atoms with E-state index in [1.807, 2.05) is 13.0 Å². The zero-order valence-corrected chi connectivity index (χ0v) is 19.8. The van der Waals surface area contributed by atoms with E-state index in [0.29, 0.717) is 33.4 Å². The van der Waals surface area contributed by atoms with Crippen molar-refractivity contribution >= 4 is 49.1 Å². The Morgan fingerprint density at radius 1 is 1.00 bits per heavy atom. The minimum absolute atomic E-state index is 0.105. The Kier molecular flexibility index (Phi) is 6.98. The fourth-order valence-corrected chi connectivity index (χ4v) is 3.97. The van der Waals surface area contributed by atoms with E-state index in [4.69, 9.17) is 9.47 Å². The van der Waals surface area contributed by atoms with Gasteiger partial charge in [0.2, 0.25) is 16.0 Å². The summed E-state index contributed by atoms with van der Waals surface area (Å²) < 4.78 is 38.2. The highest BCUT2D eigenvalue weighted by molar-refractivity contribution is 9.10. The van der Waals surface area contributed by atoms with Crippen molar-refractivity contribution in [3.63, 3.8) is 0 Å². The van der Waals surface area contributed by atoms with Crippen molar-refractivity contribution < 1.29 is 17.9 Å². The van der Waals surface area contributed by atoms with Crippen LogP contribution in [0.3, 0.4) is 0 Å². The van der Waals surface area contributed by atoms with Gasteiger partial charge in [0.25, 0.3) is 0 Å². The molecule has 164 valence electrons. The lowest BCUT2D eigenvalue weighted by Gasteiger charge is -2.15. The highest BCUT2D eigenvalue weighted by Crippen LogP contribution is 2.34. The van der Waals surface area contributed by atoms with E-state index in [1.54, 1.807) is 44.7 Å². The van der Waals surface area contributed by atoms with Gasteiger partial charge in [0.15, 0.2) is 11.5 Å². The molecule has 0 saturated heterocycles. The third kappa shape index (κ3) is 5.06. The molecule has 0 amide bonds. The fraction of sp³-hybridized carbons (Fsp3) is 0.200. The molecule has 1 heterocycles. The Hall–Kier alpha value is -2.89. The fourth-order valence-electron chi connectivity index (χ4n) is 2.79. The molecule has 0 saturated carbocycles. The first kappa shape index (κ1) is 22.8. The molecule has 31 heavy (non-hydrogen) atoms. The summed E-state index contributed by atoms with van der Waals surface area (Å²) >= 11 is 3.40. The van der Waals surface area contributed by atoms with Crippen LogP contribution in [-0.4, -0.2) is 39.7 Å². The number of sulfonamides is 1. The van der Waals surface area contributed by atoms with Gasteiger partial charge in [-0.25, -0.2) is 18.1 Å². The van der Waals surface area contributed by atoms with E-state index in [1.165, 1.54) is 13.1 Å². The molecule has 0 aliphatic heterocycles. The SMILES string of the molecule is CNS(=O)(=O)c1ccccc1Nc1nc(Nc2cc(OC)c(OC)cc2C)ncc1Br. The smallest absolute Gasteiger partial charge is 0.242 e. The van der Waals surface area contributed by atoms with Crippen LogP contribution in [-0.2, 0) is 10.0 Å². The number of rotatable bonds is 8. The molecule has 3 aromatic rings. The van der Waals surface area contributed by atoms with E-state index in [9.17, 15) is 8.42 Å². The number of nitrogens with zero attached hydrogens (tertiary/aromatic N) is 2. The molecule has 2 aromatic carbocycles. The van der Waals surface area contributed by atoms with Gasteiger partial charge in [-0.3, -0.25) is 0 Å². The van der Waals surface area contributed by atoms with E-state index in [-0.39, 0.29) is 4.90 Å². The second-order valence-corrected chi connectivity index (χ2v) is 9.08. The first-order chi connectivity index (χ1) is 14.8. The highest BCUT2D eigenvalue weighted by Gasteiger charge is 2.18. The molecule has 3 rings (SSSR count). The minimum Gasteiger partial charge on any atom is -0.493 e. The Morgan fingerprint density at radius 3 is 2.35 bits per heavy atom. The Bertz CT molecular complexity index is 1200. The molecule has 0 bridgehead atoms. The van der Waals surface area contributed by atoms with Crippen molar-refractivity contribution in [2.45, 2.75) is 11.8 Å². The number of ether oxygens (including phenoxy) is 2. The summed E-state index contributed by atoms with van der Waals surface area (Å²) in [6.45, 7) is 1.92. The zero-order chi connectivity index (χ0) is 22.6. The highest BCUT2D eigenvalue weighted by atomic mass is 79.9. The number of aryl methyl sites for hydroxylation is 1. The van der Waals surface area contributed by atoms with Gasteiger partial charge in [-0.1, -0.05) is 12.1 Å². The van der Waals surface area contributed by atoms with E-state index in [0.717, 1.165) is 11.3 Å². The lowest BCUT2D eigenvalue weighted by Crippen LogP contribution is -2.19. The predicted octanol–water partition coefficient (Wildman–Crippen LogP) is 3.96. The summed E-state index contributed by atoms with van der Waals surface area (Å²) in [6, 6.07) is 10.2. The van der Waals surface area contributed by atoms with Crippen LogP contribution < -0.4 is 24.8 Å². The molecular weight excluding hydrogens is 486 g/mol. The topological polar surface area (TPSA) is 114 Å². The quantitative estimate of drug-likeness (QED) is 0.419. The second kappa shape index (κ2) is 9.50. The Morgan fingerprint density at radius 2 is 1.68 bits per heavy atom. The van der Waals surface area contributed by atoms with Crippen LogP contribution in [0.2, 0.25) is 0 Å². The van der Waals surface area contributed by atoms with Crippen LogP contribution in [0.5, 0.6) is 11.5 Å². The first-order valence-corrected chi connectivity index (χ1v) is 11.4. The molecule has 0 atom stereocenters. The van der Waals surface area contributed by atoms with Crippen molar-refractivity contribution in [1.29, 1.82) is 0 Å². The van der Waals surface area contributed by atoms with Crippen molar-refractivity contribution in [3.05, 3.63) is 52.6 Å². The van der Waals surface area contributed by atoms with Crippen LogP contribution >= 0.6 is 15.9 Å². The number of anilines is 4. The molecule has 9 nitrogen and oxygen atoms in total. The molecule has 0 spiro atoms. The van der Waals surface area contributed by atoms with Crippen molar-refractivity contribution in [3.8, 4) is 11.5 Å². The number of hydrogen-bond acceptors (Lipinski definition) is 8. The second-order valence-electron chi connectivity index (χ2n) is 6.37. The van der Waals surface area contributed by atoms with Gasteiger partial charge < -0.3 is 20.1 Å². The molecule has 0 aliphatic rings. The van der Waals surface area contributed by atoms with Crippen LogP contribution in [0.4, 0.5) is 23.1 Å². The summed E-state index contributed by atoms with van der Waals surface area (Å²) in [5.74, 6) is 1.90. The van der Waals surface area contributed by atoms with Gasteiger partial charge >= 0.3 is 0 Å². The van der Waals surface area contributed by atoms with Crippen molar-refractivity contribution in [1.82, 2.24) is 14.7 Å². The molecule has 11 heteroatoms. The summed E-state index contributed by atoms with van der Waals surface area (Å²) in [5, 5.41) is 6.22. The number of aromatic nitrogens is 2. The molecule has 0 aliphatic carbocycles. The molecule has 0 radical (unpaired) electrons. The molecule has 0 fully saturated rings. The minimum atomic E-state index is -3.65. The summed E-state index contributed by atoms with van der Waals surface area (Å²) in [4.78, 5) is 8.88. The van der Waals surface area contributed by atoms with E-state index in [2.05, 4.69) is 41.3 Å². The summed E-state index contributed by atoms with van der Waals surface area (Å²) in [6.07, 6.45) is 1.57. The number of methoxy groups -OCH3 is 2. The number of benzene rings is 2. The number of hydrogen-bond donors (Lipinski definition) is 3. The predicted molar refractivity (Wildman–Crippen MR) is 123 cm³/mol. The Labute approximate surface area is 189 Å². The lowest BCUT2D eigenvalue weighted by atomic mass is 10.1. The third-order valence-corrected chi connectivity index (χ3v) is 6.47. The number of halogens is 1. The summed E-state index contributed by atoms with van der Waals surface area (Å²) in [5.41, 5.74) is 2.03. The van der Waals surface area contributed by atoms with Gasteiger partial charge in [-0.05, 0) is 53.7 Å². The average Bonchev–Trinajstić information content (AvgIpc) is 2.77. The Balaban J connectivity index is 1.95. The molecule has 3 N–H and O–H groups in total. The van der Waals surface area contributed by atoms with Crippen LogP contribution in [0.1, 0.15) is 5.56 Å². The average molecular weight is 508 g/mol. The normalized spacial score (nSPS) is 11.1. The van der Waals surface area contributed by atoms with Crippen molar-refractivity contribution in [2.75, 3.05) is 31.9 Å². The third-order valence-electron chi connectivity index (χ3n) is 4.42. The molecule has 0 unspecified atom stereocenters. The van der Waals surface area contributed by atoms with Gasteiger partial charge in [0.05, 0.1) is 24.4 Å².